The van der Waals surface area contributed by atoms with Gasteiger partial charge in [-0.1, -0.05) is 15.9 Å². The van der Waals surface area contributed by atoms with Crippen molar-refractivity contribution in [3.05, 3.63) is 31.0 Å². The van der Waals surface area contributed by atoms with E-state index in [2.05, 4.69) is 20.9 Å². The Kier molecular flexibility index (Phi) is 4.32. The fourth-order valence-corrected chi connectivity index (χ4v) is 2.08. The summed E-state index contributed by atoms with van der Waals surface area (Å²) in [6, 6.07) is 1.34. The predicted octanol–water partition coefficient (Wildman–Crippen LogP) is 3.43. The van der Waals surface area contributed by atoms with Crippen LogP contribution < -0.4 is 0 Å². The number of nitro groups is 1. The molecular formula is C7H4BrF2IN2O2. The molecule has 0 amide bonds. The SMILES string of the molecule is O=[N+]([O-])c1nc(C(F)F)c(I)cc1CBr. The van der Waals surface area contributed by atoms with Crippen molar-refractivity contribution in [2.24, 2.45) is 0 Å². The van der Waals surface area contributed by atoms with Crippen LogP contribution in [0.3, 0.4) is 0 Å². The van der Waals surface area contributed by atoms with Crippen LogP contribution in [0.2, 0.25) is 0 Å². The Morgan fingerprint density at radius 3 is 2.67 bits per heavy atom. The number of hydrogen-bond acceptors (Lipinski definition) is 3. The molecule has 15 heavy (non-hydrogen) atoms. The van der Waals surface area contributed by atoms with Crippen LogP contribution in [-0.4, -0.2) is 9.91 Å². The van der Waals surface area contributed by atoms with Crippen LogP contribution in [0.25, 0.3) is 0 Å². The van der Waals surface area contributed by atoms with Crippen molar-refractivity contribution in [3.8, 4) is 0 Å². The molecule has 0 aliphatic rings. The number of nitrogens with zero attached hydrogens (tertiary/aromatic N) is 2. The number of aromatic nitrogens is 1. The van der Waals surface area contributed by atoms with Crippen molar-refractivity contribution in [1.82, 2.24) is 4.98 Å². The number of rotatable bonds is 3. The summed E-state index contributed by atoms with van der Waals surface area (Å²) in [4.78, 5) is 13.1. The molecule has 0 radical (unpaired) electrons. The van der Waals surface area contributed by atoms with Crippen LogP contribution in [-0.2, 0) is 5.33 Å². The molecule has 1 aromatic heterocycles. The van der Waals surface area contributed by atoms with Gasteiger partial charge >= 0.3 is 12.2 Å². The van der Waals surface area contributed by atoms with Crippen LogP contribution in [0.4, 0.5) is 14.6 Å². The molecule has 0 atom stereocenters. The molecule has 0 N–H and O–H groups in total. The van der Waals surface area contributed by atoms with Gasteiger partial charge in [-0.05, 0) is 38.6 Å². The highest BCUT2D eigenvalue weighted by Crippen LogP contribution is 2.28. The van der Waals surface area contributed by atoms with E-state index < -0.39 is 22.9 Å². The summed E-state index contributed by atoms with van der Waals surface area (Å²) in [6.45, 7) is 0. The van der Waals surface area contributed by atoms with Crippen LogP contribution in [0.15, 0.2) is 6.07 Å². The minimum atomic E-state index is -2.81. The summed E-state index contributed by atoms with van der Waals surface area (Å²) in [5, 5.41) is 10.7. The molecule has 0 fully saturated rings. The summed E-state index contributed by atoms with van der Waals surface area (Å²) >= 11 is 4.72. The zero-order chi connectivity index (χ0) is 11.6. The van der Waals surface area contributed by atoms with Gasteiger partial charge in [-0.25, -0.2) is 8.78 Å². The van der Waals surface area contributed by atoms with E-state index >= 15 is 0 Å². The molecule has 0 aromatic carbocycles. The third kappa shape index (κ3) is 2.80. The van der Waals surface area contributed by atoms with Gasteiger partial charge in [0.2, 0.25) is 5.69 Å². The van der Waals surface area contributed by atoms with E-state index in [-0.39, 0.29) is 14.5 Å². The van der Waals surface area contributed by atoms with Gasteiger partial charge < -0.3 is 10.1 Å². The first-order valence-electron chi connectivity index (χ1n) is 3.65. The van der Waals surface area contributed by atoms with Crippen molar-refractivity contribution in [1.29, 1.82) is 0 Å². The summed E-state index contributed by atoms with van der Waals surface area (Å²) in [7, 11) is 0. The van der Waals surface area contributed by atoms with E-state index in [9.17, 15) is 18.9 Å². The topological polar surface area (TPSA) is 56.0 Å². The fraction of sp³-hybridized carbons (Fsp3) is 0.286. The first-order valence-corrected chi connectivity index (χ1v) is 5.85. The third-order valence-electron chi connectivity index (χ3n) is 1.58. The lowest BCUT2D eigenvalue weighted by atomic mass is 10.2. The second kappa shape index (κ2) is 5.10. The lowest BCUT2D eigenvalue weighted by Crippen LogP contribution is -2.03. The van der Waals surface area contributed by atoms with Gasteiger partial charge in [-0.15, -0.1) is 0 Å². The lowest BCUT2D eigenvalue weighted by Gasteiger charge is -2.02. The maximum Gasteiger partial charge on any atom is 0.368 e. The molecule has 0 aliphatic carbocycles. The van der Waals surface area contributed by atoms with E-state index in [4.69, 9.17) is 0 Å². The first-order chi connectivity index (χ1) is 6.97. The smallest absolute Gasteiger partial charge is 0.358 e. The monoisotopic (exact) mass is 392 g/mol. The summed E-state index contributed by atoms with van der Waals surface area (Å²) in [5.41, 5.74) is -0.263. The van der Waals surface area contributed by atoms with Crippen molar-refractivity contribution in [2.45, 2.75) is 11.8 Å². The highest BCUT2D eigenvalue weighted by molar-refractivity contribution is 14.1. The second-order valence-corrected chi connectivity index (χ2v) is 4.25. The van der Waals surface area contributed by atoms with Crippen LogP contribution >= 0.6 is 38.5 Å². The zero-order valence-corrected chi connectivity index (χ0v) is 10.8. The maximum atomic E-state index is 12.4. The highest BCUT2D eigenvalue weighted by atomic mass is 127. The largest absolute Gasteiger partial charge is 0.368 e. The molecule has 82 valence electrons. The molecule has 1 aromatic rings. The quantitative estimate of drug-likeness (QED) is 0.343. The Morgan fingerprint density at radius 2 is 2.27 bits per heavy atom. The summed E-state index contributed by atoms with van der Waals surface area (Å²) < 4.78 is 25.0. The van der Waals surface area contributed by atoms with Gasteiger partial charge in [0, 0.05) is 5.33 Å². The second-order valence-electron chi connectivity index (χ2n) is 2.53. The van der Waals surface area contributed by atoms with E-state index in [1.807, 2.05) is 0 Å². The van der Waals surface area contributed by atoms with Crippen molar-refractivity contribution in [3.63, 3.8) is 0 Å². The van der Waals surface area contributed by atoms with Gasteiger partial charge in [-0.2, -0.15) is 0 Å². The Balaban J connectivity index is 3.37. The predicted molar refractivity (Wildman–Crippen MR) is 61.2 cm³/mol. The molecular weight excluding hydrogens is 389 g/mol. The van der Waals surface area contributed by atoms with Gasteiger partial charge in [0.1, 0.15) is 0 Å². The zero-order valence-electron chi connectivity index (χ0n) is 7.08. The van der Waals surface area contributed by atoms with Gasteiger partial charge in [0.05, 0.1) is 9.13 Å². The molecule has 0 aliphatic heterocycles. The third-order valence-corrected chi connectivity index (χ3v) is 3.05. The van der Waals surface area contributed by atoms with Gasteiger partial charge in [-0.3, -0.25) is 0 Å². The van der Waals surface area contributed by atoms with E-state index in [0.717, 1.165) is 0 Å². The average molecular weight is 393 g/mol. The van der Waals surface area contributed by atoms with E-state index in [1.165, 1.54) is 6.07 Å². The molecule has 1 rings (SSSR count). The Hall–Kier alpha value is -0.380. The lowest BCUT2D eigenvalue weighted by molar-refractivity contribution is -0.390. The fourth-order valence-electron chi connectivity index (χ4n) is 0.940. The first kappa shape index (κ1) is 12.7. The summed E-state index contributed by atoms with van der Waals surface area (Å²) in [6.07, 6.45) is -2.81. The van der Waals surface area contributed by atoms with Gasteiger partial charge in [0.25, 0.3) is 0 Å². The van der Waals surface area contributed by atoms with Crippen LogP contribution in [0.1, 0.15) is 17.7 Å². The molecule has 0 spiro atoms. The Labute approximate surface area is 105 Å². The molecule has 0 unspecified atom stereocenters. The number of halogens is 4. The van der Waals surface area contributed by atoms with E-state index in [0.29, 0.717) is 0 Å². The minimum absolute atomic E-state index is 0.204. The van der Waals surface area contributed by atoms with Crippen molar-refractivity contribution < 1.29 is 13.7 Å². The standard InChI is InChI=1S/C7H4BrF2IN2O2/c8-2-3-1-4(11)5(6(9)10)12-7(3)13(14)15/h1,6H,2H2. The van der Waals surface area contributed by atoms with Crippen LogP contribution in [0.5, 0.6) is 0 Å². The average Bonchev–Trinajstić information content (AvgIpc) is 2.16. The van der Waals surface area contributed by atoms with Crippen molar-refractivity contribution in [2.75, 3.05) is 0 Å². The molecule has 0 bridgehead atoms. The highest BCUT2D eigenvalue weighted by Gasteiger charge is 2.25. The molecule has 0 saturated carbocycles. The molecule has 1 heterocycles. The van der Waals surface area contributed by atoms with Gasteiger partial charge in [0.15, 0.2) is 0 Å². The number of alkyl halides is 3. The number of pyridine rings is 1. The molecule has 4 nitrogen and oxygen atoms in total. The number of hydrogen-bond donors (Lipinski definition) is 0. The van der Waals surface area contributed by atoms with Crippen LogP contribution in [0, 0.1) is 13.7 Å². The Morgan fingerprint density at radius 1 is 1.67 bits per heavy atom. The van der Waals surface area contributed by atoms with E-state index in [1.54, 1.807) is 22.6 Å². The molecule has 0 saturated heterocycles. The minimum Gasteiger partial charge on any atom is -0.358 e. The normalized spacial score (nSPS) is 10.7. The maximum absolute atomic E-state index is 12.4. The Bertz CT molecular complexity index is 403. The molecule has 8 heteroatoms. The van der Waals surface area contributed by atoms with Crippen molar-refractivity contribution >= 4 is 44.3 Å². The summed E-state index contributed by atoms with van der Waals surface area (Å²) in [5.74, 6) is -0.525.